The van der Waals surface area contributed by atoms with Crippen LogP contribution in [0.1, 0.15) is 12.1 Å². The standard InChI is InChI=1S/C10H15N3O2/c1-12-9(2-4-11-12)7-13-5-3-8(6-13)10(14)15/h2,4,8H,3,5-7H2,1H3,(H,14,15). The molecule has 1 aromatic rings. The van der Waals surface area contributed by atoms with Crippen LogP contribution in [0.15, 0.2) is 12.3 Å². The first-order valence-corrected chi connectivity index (χ1v) is 5.09. The highest BCUT2D eigenvalue weighted by Crippen LogP contribution is 2.18. The van der Waals surface area contributed by atoms with Crippen molar-refractivity contribution in [3.05, 3.63) is 18.0 Å². The Bertz CT molecular complexity index is 361. The number of hydrogen-bond donors (Lipinski definition) is 1. The molecule has 0 amide bonds. The summed E-state index contributed by atoms with van der Waals surface area (Å²) in [5, 5.41) is 13.0. The van der Waals surface area contributed by atoms with Crippen molar-refractivity contribution in [1.82, 2.24) is 14.7 Å². The van der Waals surface area contributed by atoms with Crippen molar-refractivity contribution in [2.45, 2.75) is 13.0 Å². The Kier molecular flexibility index (Phi) is 2.73. The maximum absolute atomic E-state index is 10.8. The van der Waals surface area contributed by atoms with E-state index in [9.17, 15) is 4.79 Å². The molecule has 5 nitrogen and oxygen atoms in total. The molecule has 2 rings (SSSR count). The Morgan fingerprint density at radius 3 is 3.07 bits per heavy atom. The summed E-state index contributed by atoms with van der Waals surface area (Å²) in [5.74, 6) is -0.874. The molecular weight excluding hydrogens is 194 g/mol. The van der Waals surface area contributed by atoms with Crippen LogP contribution in [0.25, 0.3) is 0 Å². The maximum Gasteiger partial charge on any atom is 0.307 e. The van der Waals surface area contributed by atoms with E-state index in [0.29, 0.717) is 6.54 Å². The van der Waals surface area contributed by atoms with Gasteiger partial charge in [-0.3, -0.25) is 14.4 Å². The molecule has 0 bridgehead atoms. The number of carboxylic acid groups (broad SMARTS) is 1. The predicted octanol–water partition coefficient (Wildman–Crippen LogP) is 0.327. The number of rotatable bonds is 3. The number of nitrogens with zero attached hydrogens (tertiary/aromatic N) is 3. The molecule has 1 saturated heterocycles. The van der Waals surface area contributed by atoms with Gasteiger partial charge in [-0.1, -0.05) is 0 Å². The summed E-state index contributed by atoms with van der Waals surface area (Å²) in [6.45, 7) is 2.31. The van der Waals surface area contributed by atoms with Gasteiger partial charge in [0, 0.05) is 26.3 Å². The van der Waals surface area contributed by atoms with E-state index in [2.05, 4.69) is 10.00 Å². The second-order valence-electron chi connectivity index (χ2n) is 4.01. The smallest absolute Gasteiger partial charge is 0.307 e. The number of aliphatic carboxylic acids is 1. The van der Waals surface area contributed by atoms with Crippen molar-refractivity contribution >= 4 is 5.97 Å². The zero-order valence-electron chi connectivity index (χ0n) is 8.76. The van der Waals surface area contributed by atoms with Gasteiger partial charge in [0.05, 0.1) is 11.6 Å². The minimum atomic E-state index is -0.678. The summed E-state index contributed by atoms with van der Waals surface area (Å²) in [6.07, 6.45) is 2.52. The van der Waals surface area contributed by atoms with Crippen molar-refractivity contribution < 1.29 is 9.90 Å². The van der Waals surface area contributed by atoms with Gasteiger partial charge in [0.2, 0.25) is 0 Å². The van der Waals surface area contributed by atoms with Gasteiger partial charge in [-0.15, -0.1) is 0 Å². The van der Waals surface area contributed by atoms with E-state index >= 15 is 0 Å². The minimum absolute atomic E-state index is 0.196. The molecule has 1 fully saturated rings. The third kappa shape index (κ3) is 2.18. The summed E-state index contributed by atoms with van der Waals surface area (Å²) in [7, 11) is 1.90. The second-order valence-corrected chi connectivity index (χ2v) is 4.01. The Balaban J connectivity index is 1.93. The first-order valence-electron chi connectivity index (χ1n) is 5.09. The van der Waals surface area contributed by atoms with Gasteiger partial charge in [-0.05, 0) is 19.0 Å². The highest BCUT2D eigenvalue weighted by atomic mass is 16.4. The van der Waals surface area contributed by atoms with E-state index in [-0.39, 0.29) is 5.92 Å². The van der Waals surface area contributed by atoms with Crippen LogP contribution in [-0.4, -0.2) is 38.8 Å². The Morgan fingerprint density at radius 1 is 1.73 bits per heavy atom. The summed E-state index contributed by atoms with van der Waals surface area (Å²) in [6, 6.07) is 1.97. The van der Waals surface area contributed by atoms with Gasteiger partial charge in [-0.2, -0.15) is 5.10 Å². The molecule has 15 heavy (non-hydrogen) atoms. The lowest BCUT2D eigenvalue weighted by molar-refractivity contribution is -0.141. The van der Waals surface area contributed by atoms with E-state index in [1.54, 1.807) is 6.20 Å². The second kappa shape index (κ2) is 4.02. The fourth-order valence-corrected chi connectivity index (χ4v) is 1.96. The van der Waals surface area contributed by atoms with Gasteiger partial charge >= 0.3 is 5.97 Å². The molecule has 5 heteroatoms. The average molecular weight is 209 g/mol. The van der Waals surface area contributed by atoms with Gasteiger partial charge in [0.15, 0.2) is 0 Å². The highest BCUT2D eigenvalue weighted by Gasteiger charge is 2.28. The van der Waals surface area contributed by atoms with Crippen LogP contribution in [0.2, 0.25) is 0 Å². The van der Waals surface area contributed by atoms with Gasteiger partial charge < -0.3 is 5.11 Å². The van der Waals surface area contributed by atoms with Crippen molar-refractivity contribution in [2.24, 2.45) is 13.0 Å². The van der Waals surface area contributed by atoms with Crippen LogP contribution in [0, 0.1) is 5.92 Å². The molecule has 82 valence electrons. The third-order valence-electron chi connectivity index (χ3n) is 2.93. The number of carbonyl (C=O) groups is 1. The van der Waals surface area contributed by atoms with Crippen LogP contribution in [-0.2, 0) is 18.4 Å². The largest absolute Gasteiger partial charge is 0.481 e. The van der Waals surface area contributed by atoms with Crippen molar-refractivity contribution in [3.8, 4) is 0 Å². The lowest BCUT2D eigenvalue weighted by atomic mass is 10.1. The molecule has 0 saturated carbocycles. The highest BCUT2D eigenvalue weighted by molar-refractivity contribution is 5.70. The number of carboxylic acids is 1. The Morgan fingerprint density at radius 2 is 2.53 bits per heavy atom. The molecule has 1 aliphatic rings. The summed E-state index contributed by atoms with van der Waals surface area (Å²) in [4.78, 5) is 12.9. The molecule has 1 N–H and O–H groups in total. The minimum Gasteiger partial charge on any atom is -0.481 e. The topological polar surface area (TPSA) is 58.4 Å². The van der Waals surface area contributed by atoms with Gasteiger partial charge in [0.1, 0.15) is 0 Å². The first-order chi connectivity index (χ1) is 7.16. The zero-order chi connectivity index (χ0) is 10.8. The molecule has 1 aliphatic heterocycles. The Hall–Kier alpha value is -1.36. The van der Waals surface area contributed by atoms with Crippen LogP contribution in [0.3, 0.4) is 0 Å². The number of aryl methyl sites for hydroxylation is 1. The van der Waals surface area contributed by atoms with E-state index in [0.717, 1.165) is 25.2 Å². The summed E-state index contributed by atoms with van der Waals surface area (Å²) in [5.41, 5.74) is 1.13. The molecule has 1 atom stereocenters. The van der Waals surface area contributed by atoms with Crippen molar-refractivity contribution in [1.29, 1.82) is 0 Å². The predicted molar refractivity (Wildman–Crippen MR) is 54.2 cm³/mol. The van der Waals surface area contributed by atoms with E-state index in [1.165, 1.54) is 0 Å². The number of likely N-dealkylation sites (tertiary alicyclic amines) is 1. The fourth-order valence-electron chi connectivity index (χ4n) is 1.96. The maximum atomic E-state index is 10.8. The normalized spacial score (nSPS) is 22.1. The number of aromatic nitrogens is 2. The van der Waals surface area contributed by atoms with Crippen LogP contribution >= 0.6 is 0 Å². The SMILES string of the molecule is Cn1nccc1CN1CCC(C(=O)O)C1. The van der Waals surface area contributed by atoms with E-state index < -0.39 is 5.97 Å². The summed E-state index contributed by atoms with van der Waals surface area (Å²) >= 11 is 0. The average Bonchev–Trinajstić information content (AvgIpc) is 2.77. The first kappa shape index (κ1) is 10.2. The summed E-state index contributed by atoms with van der Waals surface area (Å²) < 4.78 is 1.83. The fraction of sp³-hybridized carbons (Fsp3) is 0.600. The van der Waals surface area contributed by atoms with Crippen molar-refractivity contribution in [2.75, 3.05) is 13.1 Å². The Labute approximate surface area is 88.3 Å². The van der Waals surface area contributed by atoms with Crippen LogP contribution < -0.4 is 0 Å². The monoisotopic (exact) mass is 209 g/mol. The van der Waals surface area contributed by atoms with Crippen molar-refractivity contribution in [3.63, 3.8) is 0 Å². The molecule has 1 unspecified atom stereocenters. The van der Waals surface area contributed by atoms with Gasteiger partial charge in [-0.25, -0.2) is 0 Å². The molecule has 0 aromatic carbocycles. The molecule has 0 aliphatic carbocycles. The van der Waals surface area contributed by atoms with E-state index in [1.807, 2.05) is 17.8 Å². The quantitative estimate of drug-likeness (QED) is 0.779. The molecule has 0 spiro atoms. The molecule has 2 heterocycles. The molecule has 1 aromatic heterocycles. The lowest BCUT2D eigenvalue weighted by Crippen LogP contribution is -2.23. The van der Waals surface area contributed by atoms with E-state index in [4.69, 9.17) is 5.11 Å². The number of hydrogen-bond acceptors (Lipinski definition) is 3. The van der Waals surface area contributed by atoms with Crippen LogP contribution in [0.4, 0.5) is 0 Å². The third-order valence-corrected chi connectivity index (χ3v) is 2.93. The van der Waals surface area contributed by atoms with Gasteiger partial charge in [0.25, 0.3) is 0 Å². The molecule has 0 radical (unpaired) electrons. The lowest BCUT2D eigenvalue weighted by Gasteiger charge is -2.14. The molecular formula is C10H15N3O2. The van der Waals surface area contributed by atoms with Crippen LogP contribution in [0.5, 0.6) is 0 Å². The zero-order valence-corrected chi connectivity index (χ0v) is 8.76.